The zero-order chi connectivity index (χ0) is 18.7. The lowest BCUT2D eigenvalue weighted by molar-refractivity contribution is -0.118. The number of hydrogen-bond donors (Lipinski definition) is 1. The Morgan fingerprint density at radius 2 is 1.68 bits per heavy atom. The number of carbonyl (C=O) groups excluding carboxylic acids is 2. The van der Waals surface area contributed by atoms with Gasteiger partial charge in [-0.05, 0) is 37.9 Å². The molecule has 1 aromatic rings. The summed E-state index contributed by atoms with van der Waals surface area (Å²) in [6.07, 6.45) is 1.68. The molecule has 0 radical (unpaired) electrons. The monoisotopic (exact) mass is 346 g/mol. The first-order chi connectivity index (χ1) is 11.7. The number of hydrogen-bond acceptors (Lipinski definition) is 4. The maximum absolute atomic E-state index is 12.4. The first-order valence-corrected chi connectivity index (χ1v) is 8.84. The van der Waals surface area contributed by atoms with Crippen molar-refractivity contribution >= 4 is 11.7 Å². The molecule has 1 aliphatic rings. The topological polar surface area (TPSA) is 58.6 Å². The SMILES string of the molecule is CN(C)C1(CNC(=O)C(=O)c2ccc(C(C)(C)C)cc2)CCOCC1. The van der Waals surface area contributed by atoms with Crippen LogP contribution >= 0.6 is 0 Å². The molecule has 0 aromatic heterocycles. The minimum absolute atomic E-state index is 0.0188. The van der Waals surface area contributed by atoms with Crippen molar-refractivity contribution in [3.05, 3.63) is 35.4 Å². The molecule has 1 heterocycles. The summed E-state index contributed by atoms with van der Waals surface area (Å²) in [6, 6.07) is 7.30. The summed E-state index contributed by atoms with van der Waals surface area (Å²) < 4.78 is 5.43. The van der Waals surface area contributed by atoms with Gasteiger partial charge in [0.15, 0.2) is 0 Å². The van der Waals surface area contributed by atoms with Gasteiger partial charge in [-0.1, -0.05) is 45.0 Å². The van der Waals surface area contributed by atoms with Crippen molar-refractivity contribution in [1.29, 1.82) is 0 Å². The van der Waals surface area contributed by atoms with Gasteiger partial charge < -0.3 is 15.0 Å². The van der Waals surface area contributed by atoms with Crippen molar-refractivity contribution in [3.63, 3.8) is 0 Å². The Morgan fingerprint density at radius 1 is 1.12 bits per heavy atom. The van der Waals surface area contributed by atoms with E-state index in [4.69, 9.17) is 4.74 Å². The fourth-order valence-electron chi connectivity index (χ4n) is 3.11. The van der Waals surface area contributed by atoms with Gasteiger partial charge >= 0.3 is 0 Å². The summed E-state index contributed by atoms with van der Waals surface area (Å²) in [7, 11) is 4.01. The van der Waals surface area contributed by atoms with E-state index in [1.165, 1.54) is 0 Å². The normalized spacial score (nSPS) is 17.4. The summed E-state index contributed by atoms with van der Waals surface area (Å²) in [4.78, 5) is 26.8. The third kappa shape index (κ3) is 4.67. The van der Waals surface area contributed by atoms with Crippen LogP contribution in [0.5, 0.6) is 0 Å². The summed E-state index contributed by atoms with van der Waals surface area (Å²) >= 11 is 0. The van der Waals surface area contributed by atoms with Gasteiger partial charge in [-0.15, -0.1) is 0 Å². The number of rotatable bonds is 5. The zero-order valence-corrected chi connectivity index (χ0v) is 16.0. The minimum atomic E-state index is -0.545. The molecule has 5 heteroatoms. The molecule has 1 amide bonds. The van der Waals surface area contributed by atoms with Crippen LogP contribution in [0, 0.1) is 0 Å². The van der Waals surface area contributed by atoms with Crippen molar-refractivity contribution in [2.24, 2.45) is 0 Å². The molecule has 0 unspecified atom stereocenters. The highest BCUT2D eigenvalue weighted by Gasteiger charge is 2.35. The Labute approximate surface area is 150 Å². The predicted octanol–water partition coefficient (Wildman–Crippen LogP) is 2.39. The van der Waals surface area contributed by atoms with Crippen LogP contribution in [-0.4, -0.2) is 56.0 Å². The molecule has 0 aliphatic carbocycles. The molecule has 1 saturated heterocycles. The molecule has 1 aliphatic heterocycles. The van der Waals surface area contributed by atoms with E-state index in [1.54, 1.807) is 12.1 Å². The van der Waals surface area contributed by atoms with Crippen molar-refractivity contribution in [2.45, 2.75) is 44.6 Å². The van der Waals surface area contributed by atoms with Crippen LogP contribution < -0.4 is 5.32 Å². The number of benzene rings is 1. The average molecular weight is 346 g/mol. The largest absolute Gasteiger partial charge is 0.381 e. The van der Waals surface area contributed by atoms with Crippen LogP contribution in [0.15, 0.2) is 24.3 Å². The van der Waals surface area contributed by atoms with Crippen molar-refractivity contribution < 1.29 is 14.3 Å². The lowest BCUT2D eigenvalue weighted by Gasteiger charge is -2.42. The summed E-state index contributed by atoms with van der Waals surface area (Å²) in [6.45, 7) is 8.15. The molecular weight excluding hydrogens is 316 g/mol. The van der Waals surface area contributed by atoms with E-state index >= 15 is 0 Å². The molecule has 25 heavy (non-hydrogen) atoms. The molecule has 138 valence electrons. The van der Waals surface area contributed by atoms with Crippen molar-refractivity contribution in [3.8, 4) is 0 Å². The Hall–Kier alpha value is -1.72. The van der Waals surface area contributed by atoms with E-state index in [2.05, 4.69) is 31.0 Å². The van der Waals surface area contributed by atoms with Crippen molar-refractivity contribution in [2.75, 3.05) is 33.9 Å². The van der Waals surface area contributed by atoms with E-state index < -0.39 is 11.7 Å². The molecule has 0 atom stereocenters. The number of ketones is 1. The fraction of sp³-hybridized carbons (Fsp3) is 0.600. The Balaban J connectivity index is 2.01. The molecule has 1 N–H and O–H groups in total. The third-order valence-corrected chi connectivity index (χ3v) is 5.17. The summed E-state index contributed by atoms with van der Waals surface area (Å²) in [5.74, 6) is -1.03. The summed E-state index contributed by atoms with van der Waals surface area (Å²) in [5, 5.41) is 2.83. The number of ether oxygens (including phenoxy) is 1. The van der Waals surface area contributed by atoms with E-state index in [0.717, 1.165) is 18.4 Å². The van der Waals surface area contributed by atoms with Crippen LogP contribution in [0.2, 0.25) is 0 Å². The van der Waals surface area contributed by atoms with Gasteiger partial charge in [0.05, 0.1) is 0 Å². The highest BCUT2D eigenvalue weighted by Crippen LogP contribution is 2.25. The van der Waals surface area contributed by atoms with Gasteiger partial charge in [-0.3, -0.25) is 9.59 Å². The van der Waals surface area contributed by atoms with E-state index in [-0.39, 0.29) is 11.0 Å². The van der Waals surface area contributed by atoms with Crippen LogP contribution in [0.3, 0.4) is 0 Å². The molecule has 5 nitrogen and oxygen atoms in total. The Bertz CT molecular complexity index is 609. The molecule has 1 fully saturated rings. The Morgan fingerprint density at radius 3 is 2.16 bits per heavy atom. The first-order valence-electron chi connectivity index (χ1n) is 8.84. The Kier molecular flexibility index (Phi) is 6.01. The molecule has 0 spiro atoms. The zero-order valence-electron chi connectivity index (χ0n) is 16.0. The second-order valence-electron chi connectivity index (χ2n) is 8.07. The average Bonchev–Trinajstić information content (AvgIpc) is 2.59. The van der Waals surface area contributed by atoms with E-state index in [1.807, 2.05) is 26.2 Å². The quantitative estimate of drug-likeness (QED) is 0.657. The van der Waals surface area contributed by atoms with Crippen LogP contribution in [0.4, 0.5) is 0 Å². The smallest absolute Gasteiger partial charge is 0.292 e. The number of carbonyl (C=O) groups is 2. The van der Waals surface area contributed by atoms with E-state index in [9.17, 15) is 9.59 Å². The number of nitrogens with one attached hydrogen (secondary N) is 1. The lowest BCUT2D eigenvalue weighted by atomic mass is 9.86. The van der Waals surface area contributed by atoms with Gasteiger partial charge in [-0.25, -0.2) is 0 Å². The highest BCUT2D eigenvalue weighted by molar-refractivity contribution is 6.42. The second-order valence-corrected chi connectivity index (χ2v) is 8.07. The van der Waals surface area contributed by atoms with Crippen LogP contribution in [0.1, 0.15) is 49.5 Å². The van der Waals surface area contributed by atoms with Gasteiger partial charge in [-0.2, -0.15) is 0 Å². The predicted molar refractivity (Wildman–Crippen MR) is 99.0 cm³/mol. The third-order valence-electron chi connectivity index (χ3n) is 5.17. The van der Waals surface area contributed by atoms with Gasteiger partial charge in [0, 0.05) is 30.9 Å². The summed E-state index contributed by atoms with van der Waals surface area (Å²) in [5.41, 5.74) is 1.43. The second kappa shape index (κ2) is 7.67. The maximum Gasteiger partial charge on any atom is 0.292 e. The standard InChI is InChI=1S/C20H30N2O3/c1-19(2,3)16-8-6-15(7-9-16)17(23)18(24)21-14-20(22(4)5)10-12-25-13-11-20/h6-9H,10-14H2,1-5H3,(H,21,24). The fourth-order valence-corrected chi connectivity index (χ4v) is 3.11. The molecular formula is C20H30N2O3. The van der Waals surface area contributed by atoms with E-state index in [0.29, 0.717) is 25.3 Å². The number of amides is 1. The maximum atomic E-state index is 12.4. The number of Topliss-reactive ketones (excluding diaryl/α,β-unsaturated/α-hetero) is 1. The van der Waals surface area contributed by atoms with Crippen LogP contribution in [0.25, 0.3) is 0 Å². The van der Waals surface area contributed by atoms with Gasteiger partial charge in [0.25, 0.3) is 5.91 Å². The lowest BCUT2D eigenvalue weighted by Crippen LogP contribution is -2.56. The highest BCUT2D eigenvalue weighted by atomic mass is 16.5. The van der Waals surface area contributed by atoms with Gasteiger partial charge in [0.2, 0.25) is 5.78 Å². The molecule has 0 bridgehead atoms. The molecule has 0 saturated carbocycles. The van der Waals surface area contributed by atoms with Crippen LogP contribution in [-0.2, 0) is 14.9 Å². The minimum Gasteiger partial charge on any atom is -0.381 e. The van der Waals surface area contributed by atoms with Crippen molar-refractivity contribution in [1.82, 2.24) is 10.2 Å². The van der Waals surface area contributed by atoms with Gasteiger partial charge in [0.1, 0.15) is 0 Å². The first kappa shape index (κ1) is 19.6. The number of nitrogens with zero attached hydrogens (tertiary/aromatic N) is 1. The molecule has 2 rings (SSSR count). The molecule has 1 aromatic carbocycles. The number of likely N-dealkylation sites (N-methyl/N-ethyl adjacent to an activating group) is 1.